The van der Waals surface area contributed by atoms with E-state index in [1.807, 2.05) is 30.3 Å². The van der Waals surface area contributed by atoms with Crippen molar-refractivity contribution in [2.45, 2.75) is 25.4 Å². The van der Waals surface area contributed by atoms with Crippen LogP contribution in [0.5, 0.6) is 0 Å². The van der Waals surface area contributed by atoms with Crippen molar-refractivity contribution in [2.75, 3.05) is 0 Å². The van der Waals surface area contributed by atoms with Gasteiger partial charge in [-0.05, 0) is 24.6 Å². The number of hydrogen-bond donors (Lipinski definition) is 1. The quantitative estimate of drug-likeness (QED) is 0.648. The van der Waals surface area contributed by atoms with Crippen LogP contribution in [0.3, 0.4) is 0 Å². The summed E-state index contributed by atoms with van der Waals surface area (Å²) < 4.78 is 0.993. The molecule has 0 bridgehead atoms. The zero-order valence-corrected chi connectivity index (χ0v) is 14.5. The molecule has 0 saturated heterocycles. The Kier molecular flexibility index (Phi) is 5.25. The number of hydrogen-bond acceptors (Lipinski definition) is 6. The van der Waals surface area contributed by atoms with Crippen molar-refractivity contribution in [1.29, 1.82) is 0 Å². The Morgan fingerprint density at radius 2 is 1.78 bits per heavy atom. The van der Waals surface area contributed by atoms with Gasteiger partial charge in [-0.3, -0.25) is 9.59 Å². The molecule has 0 radical (unpaired) electrons. The lowest BCUT2D eigenvalue weighted by molar-refractivity contribution is -0.307. The van der Waals surface area contributed by atoms with Gasteiger partial charge in [0.25, 0.3) is 5.56 Å². The van der Waals surface area contributed by atoms with Gasteiger partial charge in [0.2, 0.25) is 5.91 Å². The van der Waals surface area contributed by atoms with Gasteiger partial charge in [-0.15, -0.1) is 5.10 Å². The largest absolute Gasteiger partial charge is 0.548 e. The highest BCUT2D eigenvalue weighted by molar-refractivity contribution is 5.85. The van der Waals surface area contributed by atoms with E-state index in [1.165, 1.54) is 6.92 Å². The fourth-order valence-corrected chi connectivity index (χ4v) is 2.70. The maximum Gasteiger partial charge on any atom is 0.278 e. The number of fused-ring (bicyclic) bond motifs is 1. The highest BCUT2D eigenvalue weighted by Gasteiger charge is 2.25. The third-order valence-corrected chi connectivity index (χ3v) is 4.17. The number of aliphatic carboxylic acids is 1. The van der Waals surface area contributed by atoms with E-state index in [2.05, 4.69) is 15.6 Å². The molecular weight excluding hydrogens is 348 g/mol. The average molecular weight is 365 g/mol. The summed E-state index contributed by atoms with van der Waals surface area (Å²) in [7, 11) is 0. The molecule has 3 rings (SSSR count). The van der Waals surface area contributed by atoms with Crippen molar-refractivity contribution in [1.82, 2.24) is 20.3 Å². The molecule has 1 amide bonds. The summed E-state index contributed by atoms with van der Waals surface area (Å²) in [6.45, 7) is 1.29. The summed E-state index contributed by atoms with van der Waals surface area (Å²) in [4.78, 5) is 36.5. The van der Waals surface area contributed by atoms with Gasteiger partial charge in [-0.25, -0.2) is 0 Å². The molecule has 138 valence electrons. The van der Waals surface area contributed by atoms with Crippen LogP contribution in [-0.2, 0) is 16.0 Å². The molecule has 1 heterocycles. The third-order valence-electron chi connectivity index (χ3n) is 4.17. The maximum atomic E-state index is 12.8. The molecule has 0 aliphatic heterocycles. The fourth-order valence-electron chi connectivity index (χ4n) is 2.70. The Hall–Kier alpha value is -3.55. The molecule has 1 aromatic heterocycles. The maximum absolute atomic E-state index is 12.8. The first kappa shape index (κ1) is 18.2. The first-order valence-electron chi connectivity index (χ1n) is 8.37. The number of nitrogens with one attached hydrogen (secondary N) is 1. The molecule has 0 saturated carbocycles. The molecule has 2 aromatic carbocycles. The topological polar surface area (TPSA) is 117 Å². The number of carbonyl (C=O) groups excluding carboxylic acids is 2. The fraction of sp³-hybridized carbons (Fsp3) is 0.211. The molecule has 0 aliphatic rings. The van der Waals surface area contributed by atoms with Crippen LogP contribution in [0.25, 0.3) is 10.9 Å². The monoisotopic (exact) mass is 365 g/mol. The lowest BCUT2D eigenvalue weighted by Gasteiger charge is -2.21. The first-order chi connectivity index (χ1) is 13.0. The van der Waals surface area contributed by atoms with Crippen molar-refractivity contribution < 1.29 is 14.7 Å². The minimum absolute atomic E-state index is 0.152. The predicted octanol–water partition coefficient (Wildman–Crippen LogP) is -0.170. The summed E-state index contributed by atoms with van der Waals surface area (Å²) in [5.41, 5.74) is 0.735. The number of rotatable bonds is 6. The second kappa shape index (κ2) is 7.77. The number of carbonyl (C=O) groups is 2. The number of carboxylic acid groups (broad SMARTS) is 1. The highest BCUT2D eigenvalue weighted by atomic mass is 16.4. The Balaban J connectivity index is 2.03. The van der Waals surface area contributed by atoms with Crippen LogP contribution in [0, 0.1) is 0 Å². The van der Waals surface area contributed by atoms with Crippen molar-refractivity contribution in [3.8, 4) is 0 Å². The van der Waals surface area contributed by atoms with Crippen molar-refractivity contribution in [2.24, 2.45) is 0 Å². The minimum atomic E-state index is -1.42. The second-order valence-corrected chi connectivity index (χ2v) is 6.11. The van der Waals surface area contributed by atoms with Gasteiger partial charge in [0, 0.05) is 6.42 Å². The van der Waals surface area contributed by atoms with E-state index in [9.17, 15) is 19.5 Å². The SMILES string of the molecule is C[C@H](NC(=O)[C@H](Cc1ccccc1)n1nnc2ccccc2c1=O)C(=O)[O-]. The minimum Gasteiger partial charge on any atom is -0.548 e. The van der Waals surface area contributed by atoms with Gasteiger partial charge in [-0.1, -0.05) is 47.7 Å². The van der Waals surface area contributed by atoms with Crippen LogP contribution in [0.4, 0.5) is 0 Å². The van der Waals surface area contributed by atoms with Gasteiger partial charge in [0.1, 0.15) is 11.6 Å². The normalized spacial score (nSPS) is 13.1. The summed E-state index contributed by atoms with van der Waals surface area (Å²) in [6.07, 6.45) is 0.152. The molecule has 0 fully saturated rings. The summed E-state index contributed by atoms with van der Waals surface area (Å²) in [6, 6.07) is 13.5. The molecule has 0 unspecified atom stereocenters. The predicted molar refractivity (Wildman–Crippen MR) is 95.6 cm³/mol. The summed E-state index contributed by atoms with van der Waals surface area (Å²) in [5, 5.41) is 21.6. The van der Waals surface area contributed by atoms with Crippen molar-refractivity contribution in [3.63, 3.8) is 0 Å². The van der Waals surface area contributed by atoms with Crippen LogP contribution in [-0.4, -0.2) is 32.9 Å². The van der Waals surface area contributed by atoms with E-state index < -0.39 is 29.5 Å². The van der Waals surface area contributed by atoms with Gasteiger partial charge >= 0.3 is 0 Å². The van der Waals surface area contributed by atoms with E-state index >= 15 is 0 Å². The van der Waals surface area contributed by atoms with Crippen molar-refractivity contribution in [3.05, 3.63) is 70.5 Å². The smallest absolute Gasteiger partial charge is 0.278 e. The molecule has 8 heteroatoms. The molecule has 0 spiro atoms. The molecule has 8 nitrogen and oxygen atoms in total. The highest BCUT2D eigenvalue weighted by Crippen LogP contribution is 2.14. The van der Waals surface area contributed by atoms with Crippen LogP contribution in [0.1, 0.15) is 18.5 Å². The lowest BCUT2D eigenvalue weighted by atomic mass is 10.0. The number of amides is 1. The molecule has 2 atom stereocenters. The van der Waals surface area contributed by atoms with Crippen LogP contribution < -0.4 is 16.0 Å². The van der Waals surface area contributed by atoms with Gasteiger partial charge in [0.15, 0.2) is 0 Å². The first-order valence-corrected chi connectivity index (χ1v) is 8.37. The Labute approximate surface area is 154 Å². The van der Waals surface area contributed by atoms with E-state index in [1.54, 1.807) is 24.3 Å². The van der Waals surface area contributed by atoms with Crippen molar-refractivity contribution >= 4 is 22.8 Å². The molecule has 27 heavy (non-hydrogen) atoms. The van der Waals surface area contributed by atoms with Gasteiger partial charge in [-0.2, -0.15) is 4.68 Å². The third kappa shape index (κ3) is 4.00. The Morgan fingerprint density at radius 1 is 1.11 bits per heavy atom. The standard InChI is InChI=1S/C19H18N4O4/c1-12(19(26)27)20-17(24)16(11-13-7-3-2-4-8-13)23-18(25)14-9-5-6-10-15(14)21-22-23/h2-10,12,16H,11H2,1H3,(H,20,24)(H,26,27)/p-1/t12-,16-/m0/s1. The van der Waals surface area contributed by atoms with Crippen LogP contribution in [0.2, 0.25) is 0 Å². The molecule has 0 aliphatic carbocycles. The number of aromatic nitrogens is 3. The molecular formula is C19H17N4O4-. The zero-order chi connectivity index (χ0) is 19.4. The van der Waals surface area contributed by atoms with Gasteiger partial charge in [0.05, 0.1) is 17.4 Å². The van der Waals surface area contributed by atoms with E-state index in [0.29, 0.717) is 10.9 Å². The Morgan fingerprint density at radius 3 is 2.48 bits per heavy atom. The number of carboxylic acids is 1. The molecule has 3 aromatic rings. The van der Waals surface area contributed by atoms with Gasteiger partial charge < -0.3 is 15.2 Å². The summed E-state index contributed by atoms with van der Waals surface area (Å²) >= 11 is 0. The molecule has 1 N–H and O–H groups in total. The van der Waals surface area contributed by atoms with E-state index in [4.69, 9.17) is 0 Å². The average Bonchev–Trinajstić information content (AvgIpc) is 2.67. The Bertz CT molecular complexity index is 1030. The number of benzene rings is 2. The van der Waals surface area contributed by atoms with Crippen LogP contribution >= 0.6 is 0 Å². The lowest BCUT2D eigenvalue weighted by Crippen LogP contribution is -2.49. The number of nitrogens with zero attached hydrogens (tertiary/aromatic N) is 3. The summed E-state index contributed by atoms with van der Waals surface area (Å²) in [5.74, 6) is -2.07. The van der Waals surface area contributed by atoms with Crippen LogP contribution in [0.15, 0.2) is 59.4 Å². The van der Waals surface area contributed by atoms with E-state index in [-0.39, 0.29) is 6.42 Å². The second-order valence-electron chi connectivity index (χ2n) is 6.11. The zero-order valence-electron chi connectivity index (χ0n) is 14.5. The van der Waals surface area contributed by atoms with E-state index in [0.717, 1.165) is 10.2 Å².